The number of likely N-dealkylation sites (N-methyl/N-ethyl adjacent to an activating group) is 1. The van der Waals surface area contributed by atoms with E-state index in [0.29, 0.717) is 11.1 Å². The maximum absolute atomic E-state index is 12.6. The number of aromatic amines is 1. The third-order valence-electron chi connectivity index (χ3n) is 5.22. The highest BCUT2D eigenvalue weighted by Gasteiger charge is 2.22. The van der Waals surface area contributed by atoms with Crippen molar-refractivity contribution in [2.24, 2.45) is 5.73 Å². The van der Waals surface area contributed by atoms with Gasteiger partial charge in [-0.2, -0.15) is 0 Å². The molecule has 134 valence electrons. The number of primary amides is 1. The lowest BCUT2D eigenvalue weighted by Crippen LogP contribution is -2.36. The summed E-state index contributed by atoms with van der Waals surface area (Å²) >= 11 is 0. The Balaban J connectivity index is 1.73. The van der Waals surface area contributed by atoms with Crippen molar-refractivity contribution >= 4 is 33.6 Å². The van der Waals surface area contributed by atoms with Gasteiger partial charge in [0.2, 0.25) is 0 Å². The van der Waals surface area contributed by atoms with Crippen molar-refractivity contribution in [3.8, 4) is 0 Å². The fourth-order valence-electron chi connectivity index (χ4n) is 3.86. The third kappa shape index (κ3) is 2.72. The van der Waals surface area contributed by atoms with Gasteiger partial charge in [-0.15, -0.1) is 0 Å². The maximum atomic E-state index is 12.6. The van der Waals surface area contributed by atoms with E-state index in [-0.39, 0.29) is 11.9 Å². The van der Waals surface area contributed by atoms with E-state index in [1.165, 1.54) is 0 Å². The summed E-state index contributed by atoms with van der Waals surface area (Å²) in [5.74, 6) is -0.528. The summed E-state index contributed by atoms with van der Waals surface area (Å²) in [4.78, 5) is 29.9. The second kappa shape index (κ2) is 6.14. The fourth-order valence-corrected chi connectivity index (χ4v) is 3.86. The molecular formula is C20H22N4O2. The number of hydrogen-bond donors (Lipinski definition) is 3. The molecule has 0 saturated carbocycles. The van der Waals surface area contributed by atoms with E-state index < -0.39 is 5.91 Å². The van der Waals surface area contributed by atoms with Gasteiger partial charge in [-0.3, -0.25) is 9.59 Å². The first-order chi connectivity index (χ1) is 12.4. The third-order valence-corrected chi connectivity index (χ3v) is 5.22. The number of fused-ring (bicyclic) bond motifs is 3. The lowest BCUT2D eigenvalue weighted by Gasteiger charge is -2.12. The molecule has 26 heavy (non-hydrogen) atoms. The Morgan fingerprint density at radius 1 is 1.23 bits per heavy atom. The van der Waals surface area contributed by atoms with Crippen LogP contribution in [0.4, 0.5) is 0 Å². The van der Waals surface area contributed by atoms with Crippen LogP contribution in [-0.4, -0.2) is 47.9 Å². The van der Waals surface area contributed by atoms with Crippen molar-refractivity contribution in [2.75, 3.05) is 20.1 Å². The number of carbonyl (C=O) groups excluding carboxylic acids is 2. The zero-order valence-corrected chi connectivity index (χ0v) is 14.9. The number of aryl methyl sites for hydroxylation is 1. The van der Waals surface area contributed by atoms with Gasteiger partial charge < -0.3 is 20.9 Å². The number of benzene rings is 2. The van der Waals surface area contributed by atoms with E-state index in [0.717, 1.165) is 46.9 Å². The van der Waals surface area contributed by atoms with Crippen LogP contribution < -0.4 is 11.1 Å². The van der Waals surface area contributed by atoms with Crippen LogP contribution in [0.3, 0.4) is 0 Å². The number of likely N-dealkylation sites (tertiary alicyclic amines) is 1. The summed E-state index contributed by atoms with van der Waals surface area (Å²) in [6.07, 6.45) is 0.970. The first-order valence-corrected chi connectivity index (χ1v) is 8.78. The molecule has 1 aromatic heterocycles. The van der Waals surface area contributed by atoms with E-state index in [9.17, 15) is 9.59 Å². The molecule has 6 heteroatoms. The minimum absolute atomic E-state index is 0.0721. The van der Waals surface area contributed by atoms with Crippen molar-refractivity contribution in [1.82, 2.24) is 15.2 Å². The smallest absolute Gasteiger partial charge is 0.251 e. The lowest BCUT2D eigenvalue weighted by molar-refractivity contribution is 0.0937. The van der Waals surface area contributed by atoms with Gasteiger partial charge in [0.25, 0.3) is 11.8 Å². The van der Waals surface area contributed by atoms with Crippen LogP contribution in [0.5, 0.6) is 0 Å². The Labute approximate surface area is 151 Å². The molecule has 2 amide bonds. The van der Waals surface area contributed by atoms with Crippen molar-refractivity contribution in [2.45, 2.75) is 19.4 Å². The van der Waals surface area contributed by atoms with E-state index in [4.69, 9.17) is 5.73 Å². The molecule has 1 aliphatic rings. The Morgan fingerprint density at radius 3 is 2.69 bits per heavy atom. The molecule has 1 fully saturated rings. The Bertz CT molecular complexity index is 1040. The average Bonchev–Trinajstić information content (AvgIpc) is 3.16. The van der Waals surface area contributed by atoms with Crippen LogP contribution in [0, 0.1) is 6.92 Å². The quantitative estimate of drug-likeness (QED) is 0.676. The van der Waals surface area contributed by atoms with Gasteiger partial charge in [0.1, 0.15) is 0 Å². The van der Waals surface area contributed by atoms with Crippen LogP contribution in [0.2, 0.25) is 0 Å². The number of amides is 2. The SMILES string of the molecule is Cc1ccc2c([nH]c3cc(C(=O)NC4CCN(C)C4)ccc32)c1C(N)=O. The largest absolute Gasteiger partial charge is 0.366 e. The van der Waals surface area contributed by atoms with Crippen molar-refractivity contribution in [3.63, 3.8) is 0 Å². The number of aromatic nitrogens is 1. The zero-order chi connectivity index (χ0) is 18.4. The molecule has 0 bridgehead atoms. The van der Waals surface area contributed by atoms with Crippen LogP contribution in [0.1, 0.15) is 32.7 Å². The number of nitrogens with two attached hydrogens (primary N) is 1. The van der Waals surface area contributed by atoms with Crippen molar-refractivity contribution < 1.29 is 9.59 Å². The molecule has 3 aromatic rings. The highest BCUT2D eigenvalue weighted by molar-refractivity contribution is 6.16. The van der Waals surface area contributed by atoms with Crippen LogP contribution in [0.25, 0.3) is 21.8 Å². The second-order valence-corrected chi connectivity index (χ2v) is 7.15. The number of nitrogens with one attached hydrogen (secondary N) is 2. The minimum Gasteiger partial charge on any atom is -0.366 e. The van der Waals surface area contributed by atoms with Gasteiger partial charge in [-0.1, -0.05) is 18.2 Å². The molecule has 1 atom stereocenters. The summed E-state index contributed by atoms with van der Waals surface area (Å²) in [6.45, 7) is 3.74. The lowest BCUT2D eigenvalue weighted by atomic mass is 10.0. The zero-order valence-electron chi connectivity index (χ0n) is 14.9. The van der Waals surface area contributed by atoms with E-state index in [2.05, 4.69) is 22.2 Å². The topological polar surface area (TPSA) is 91.2 Å². The predicted molar refractivity (Wildman–Crippen MR) is 102 cm³/mol. The number of nitrogens with zero attached hydrogens (tertiary/aromatic N) is 1. The van der Waals surface area contributed by atoms with Gasteiger partial charge in [-0.05, 0) is 44.6 Å². The summed E-state index contributed by atoms with van der Waals surface area (Å²) < 4.78 is 0. The Morgan fingerprint density at radius 2 is 2.00 bits per heavy atom. The highest BCUT2D eigenvalue weighted by atomic mass is 16.2. The molecule has 0 spiro atoms. The maximum Gasteiger partial charge on any atom is 0.251 e. The number of hydrogen-bond acceptors (Lipinski definition) is 3. The van der Waals surface area contributed by atoms with Crippen LogP contribution in [-0.2, 0) is 0 Å². The average molecular weight is 350 g/mol. The van der Waals surface area contributed by atoms with Gasteiger partial charge in [-0.25, -0.2) is 0 Å². The summed E-state index contributed by atoms with van der Waals surface area (Å²) in [6, 6.07) is 9.65. The van der Waals surface area contributed by atoms with Gasteiger partial charge in [0, 0.05) is 34.4 Å². The number of carbonyl (C=O) groups is 2. The fraction of sp³-hybridized carbons (Fsp3) is 0.300. The highest BCUT2D eigenvalue weighted by Crippen LogP contribution is 2.30. The number of rotatable bonds is 3. The van der Waals surface area contributed by atoms with Gasteiger partial charge in [0.15, 0.2) is 0 Å². The van der Waals surface area contributed by atoms with Crippen molar-refractivity contribution in [1.29, 1.82) is 0 Å². The van der Waals surface area contributed by atoms with Crippen molar-refractivity contribution in [3.05, 3.63) is 47.0 Å². The molecule has 0 radical (unpaired) electrons. The normalized spacial score (nSPS) is 17.8. The number of H-pyrrole nitrogens is 1. The standard InChI is InChI=1S/C20H22N4O2/c1-11-3-5-15-14-6-4-12(20(26)22-13-7-8-24(2)10-13)9-16(14)23-18(15)17(11)19(21)25/h3-6,9,13,23H,7-8,10H2,1-2H3,(H2,21,25)(H,22,26). The molecule has 0 aliphatic carbocycles. The Kier molecular flexibility index (Phi) is 3.92. The summed E-state index contributed by atoms with van der Waals surface area (Å²) in [5.41, 5.74) is 9.04. The molecule has 2 aromatic carbocycles. The molecule has 1 aliphatic heterocycles. The summed E-state index contributed by atoms with van der Waals surface area (Å²) in [7, 11) is 2.06. The van der Waals surface area contributed by atoms with E-state index in [1.54, 1.807) is 0 Å². The second-order valence-electron chi connectivity index (χ2n) is 7.15. The first-order valence-electron chi connectivity index (χ1n) is 8.78. The monoisotopic (exact) mass is 350 g/mol. The molecule has 2 heterocycles. The first kappa shape index (κ1) is 16.6. The van der Waals surface area contributed by atoms with E-state index in [1.807, 2.05) is 37.3 Å². The molecule has 6 nitrogen and oxygen atoms in total. The van der Waals surface area contributed by atoms with E-state index >= 15 is 0 Å². The molecular weight excluding hydrogens is 328 g/mol. The Hall–Kier alpha value is -2.86. The molecule has 1 saturated heterocycles. The van der Waals surface area contributed by atoms with Gasteiger partial charge >= 0.3 is 0 Å². The van der Waals surface area contributed by atoms with Gasteiger partial charge in [0.05, 0.1) is 11.1 Å². The molecule has 4 rings (SSSR count). The molecule has 1 unspecified atom stereocenters. The minimum atomic E-state index is -0.456. The molecule has 4 N–H and O–H groups in total. The van der Waals surface area contributed by atoms with Crippen LogP contribution in [0.15, 0.2) is 30.3 Å². The predicted octanol–water partition coefficient (Wildman–Crippen LogP) is 2.16. The summed E-state index contributed by atoms with van der Waals surface area (Å²) in [5, 5.41) is 5.00. The van der Waals surface area contributed by atoms with Crippen LogP contribution >= 0.6 is 0 Å².